The number of hydrogen-bond acceptors (Lipinski definition) is 4. The minimum Gasteiger partial charge on any atom is -0.490 e. The van der Waals surface area contributed by atoms with Gasteiger partial charge in [0.05, 0.1) is 12.0 Å². The van der Waals surface area contributed by atoms with Crippen LogP contribution in [0.2, 0.25) is 0 Å². The normalized spacial score (nSPS) is 11.9. The summed E-state index contributed by atoms with van der Waals surface area (Å²) in [6.07, 6.45) is 0.742. The van der Waals surface area contributed by atoms with Gasteiger partial charge in [0.2, 0.25) is 0 Å². The highest BCUT2D eigenvalue weighted by Crippen LogP contribution is 2.29. The van der Waals surface area contributed by atoms with Gasteiger partial charge in [0, 0.05) is 12.0 Å². The van der Waals surface area contributed by atoms with E-state index in [1.165, 1.54) is 19.2 Å². The Bertz CT molecular complexity index is 389. The molecule has 0 saturated heterocycles. The number of carbonyl (C=O) groups is 1. The molecule has 80 valence electrons. The van der Waals surface area contributed by atoms with Gasteiger partial charge in [-0.2, -0.15) is 0 Å². The van der Waals surface area contributed by atoms with Gasteiger partial charge in [0.25, 0.3) is 0 Å². The molecule has 0 spiro atoms. The molecule has 0 bridgehead atoms. The van der Waals surface area contributed by atoms with E-state index in [9.17, 15) is 14.9 Å². The van der Waals surface area contributed by atoms with Gasteiger partial charge in [-0.1, -0.05) is 13.0 Å². The van der Waals surface area contributed by atoms with Crippen molar-refractivity contribution in [1.82, 2.24) is 0 Å². The summed E-state index contributed by atoms with van der Waals surface area (Å²) in [7, 11) is 1.37. The summed E-state index contributed by atoms with van der Waals surface area (Å²) in [5.41, 5.74) is 0.487. The Morgan fingerprint density at radius 1 is 1.53 bits per heavy atom. The molecule has 0 aliphatic rings. The Morgan fingerprint density at radius 3 is 2.67 bits per heavy atom. The molecule has 0 aromatic heterocycles. The largest absolute Gasteiger partial charge is 0.490 e. The number of benzene rings is 1. The van der Waals surface area contributed by atoms with E-state index in [1.54, 1.807) is 13.0 Å². The predicted octanol–water partition coefficient (Wildman–Crippen LogP) is 1.91. The van der Waals surface area contributed by atoms with Crippen molar-refractivity contribution in [3.63, 3.8) is 0 Å². The lowest BCUT2D eigenvalue weighted by Crippen LogP contribution is -1.98. The second-order valence-corrected chi connectivity index (χ2v) is 3.11. The fourth-order valence-corrected chi connectivity index (χ4v) is 1.21. The zero-order valence-electron chi connectivity index (χ0n) is 8.47. The van der Waals surface area contributed by atoms with E-state index in [-0.39, 0.29) is 17.4 Å². The van der Waals surface area contributed by atoms with Crippen molar-refractivity contribution in [1.29, 1.82) is 0 Å². The Kier molecular flexibility index (Phi) is 3.38. The molecule has 0 saturated carbocycles. The van der Waals surface area contributed by atoms with E-state index in [0.29, 0.717) is 5.56 Å². The summed E-state index contributed by atoms with van der Waals surface area (Å²) >= 11 is 0. The Labute approximate surface area is 86.8 Å². The Hall–Kier alpha value is -1.91. The topological polar surface area (TPSA) is 69.4 Å². The van der Waals surface area contributed by atoms with Gasteiger partial charge in [-0.05, 0) is 11.6 Å². The zero-order chi connectivity index (χ0) is 11.4. The van der Waals surface area contributed by atoms with Crippen LogP contribution in [-0.2, 0) is 4.79 Å². The minimum absolute atomic E-state index is 0.122. The maximum absolute atomic E-state index is 10.7. The Balaban J connectivity index is 3.21. The van der Waals surface area contributed by atoms with Crippen LogP contribution >= 0.6 is 0 Å². The molecule has 1 rings (SSSR count). The lowest BCUT2D eigenvalue weighted by atomic mass is 10.0. The minimum atomic E-state index is -0.528. The molecule has 0 aliphatic carbocycles. The lowest BCUT2D eigenvalue weighted by Gasteiger charge is -2.06. The summed E-state index contributed by atoms with van der Waals surface area (Å²) in [6.45, 7) is 1.68. The van der Waals surface area contributed by atoms with Crippen LogP contribution in [0.3, 0.4) is 0 Å². The molecule has 15 heavy (non-hydrogen) atoms. The average molecular weight is 209 g/mol. The van der Waals surface area contributed by atoms with Gasteiger partial charge in [0.15, 0.2) is 5.75 Å². The lowest BCUT2D eigenvalue weighted by molar-refractivity contribution is -0.385. The standard InChI is InChI=1S/C10H11NO4/c1-7(6-12)8-3-4-10(15-2)9(5-8)11(13)14/h3-7H,1-2H3. The summed E-state index contributed by atoms with van der Waals surface area (Å²) < 4.78 is 4.85. The van der Waals surface area contributed by atoms with E-state index in [2.05, 4.69) is 0 Å². The van der Waals surface area contributed by atoms with Crippen LogP contribution in [0.5, 0.6) is 5.75 Å². The number of nitrogens with zero attached hydrogens (tertiary/aromatic N) is 1. The van der Waals surface area contributed by atoms with Crippen LogP contribution in [-0.4, -0.2) is 18.3 Å². The molecule has 1 unspecified atom stereocenters. The summed E-state index contributed by atoms with van der Waals surface area (Å²) in [4.78, 5) is 20.7. The number of aldehydes is 1. The van der Waals surface area contributed by atoms with E-state index in [4.69, 9.17) is 4.74 Å². The van der Waals surface area contributed by atoms with E-state index < -0.39 is 4.92 Å². The molecule has 1 atom stereocenters. The summed E-state index contributed by atoms with van der Waals surface area (Å²) in [5, 5.41) is 10.7. The Morgan fingerprint density at radius 2 is 2.20 bits per heavy atom. The molecular weight excluding hydrogens is 198 g/mol. The van der Waals surface area contributed by atoms with Gasteiger partial charge in [-0.25, -0.2) is 0 Å². The maximum atomic E-state index is 10.7. The molecule has 0 aliphatic heterocycles. The average Bonchev–Trinajstić information content (AvgIpc) is 2.27. The maximum Gasteiger partial charge on any atom is 0.311 e. The van der Waals surface area contributed by atoms with Gasteiger partial charge in [-0.3, -0.25) is 10.1 Å². The fourth-order valence-electron chi connectivity index (χ4n) is 1.21. The number of nitro benzene ring substituents is 1. The highest BCUT2D eigenvalue weighted by molar-refractivity contribution is 5.63. The summed E-state index contributed by atoms with van der Waals surface area (Å²) in [6, 6.07) is 4.50. The molecule has 0 N–H and O–H groups in total. The van der Waals surface area contributed by atoms with Crippen molar-refractivity contribution in [2.24, 2.45) is 0 Å². The number of ether oxygens (including phenoxy) is 1. The predicted molar refractivity (Wildman–Crippen MR) is 54.1 cm³/mol. The van der Waals surface area contributed by atoms with Gasteiger partial charge < -0.3 is 9.53 Å². The third-order valence-corrected chi connectivity index (χ3v) is 2.13. The molecule has 5 heteroatoms. The zero-order valence-corrected chi connectivity index (χ0v) is 8.47. The smallest absolute Gasteiger partial charge is 0.311 e. The van der Waals surface area contributed by atoms with Crippen molar-refractivity contribution >= 4 is 12.0 Å². The number of carbonyl (C=O) groups excluding carboxylic acids is 1. The second-order valence-electron chi connectivity index (χ2n) is 3.11. The van der Waals surface area contributed by atoms with E-state index in [1.807, 2.05) is 0 Å². The molecule has 0 fully saturated rings. The quantitative estimate of drug-likeness (QED) is 0.431. The molecule has 0 radical (unpaired) electrons. The highest BCUT2D eigenvalue weighted by atomic mass is 16.6. The van der Waals surface area contributed by atoms with Crippen LogP contribution < -0.4 is 4.74 Å². The number of methoxy groups -OCH3 is 1. The van der Waals surface area contributed by atoms with E-state index >= 15 is 0 Å². The van der Waals surface area contributed by atoms with Crippen molar-refractivity contribution in [3.05, 3.63) is 33.9 Å². The van der Waals surface area contributed by atoms with E-state index in [0.717, 1.165) is 6.29 Å². The number of hydrogen-bond donors (Lipinski definition) is 0. The van der Waals surface area contributed by atoms with Gasteiger partial charge >= 0.3 is 5.69 Å². The first-order valence-electron chi connectivity index (χ1n) is 4.37. The molecule has 5 nitrogen and oxygen atoms in total. The SMILES string of the molecule is COc1ccc(C(C)C=O)cc1[N+](=O)[O-]. The first-order valence-corrected chi connectivity index (χ1v) is 4.37. The van der Waals surface area contributed by atoms with Crippen molar-refractivity contribution in [2.75, 3.05) is 7.11 Å². The second kappa shape index (κ2) is 4.54. The first kappa shape index (κ1) is 11.2. The third kappa shape index (κ3) is 2.31. The van der Waals surface area contributed by atoms with Crippen LogP contribution in [0.4, 0.5) is 5.69 Å². The molecule has 1 aromatic rings. The van der Waals surface area contributed by atoms with Gasteiger partial charge in [-0.15, -0.1) is 0 Å². The molecule has 0 heterocycles. The van der Waals surface area contributed by atoms with Crippen molar-refractivity contribution in [2.45, 2.75) is 12.8 Å². The van der Waals surface area contributed by atoms with Crippen LogP contribution in [0.15, 0.2) is 18.2 Å². The first-order chi connectivity index (χ1) is 7.10. The molecular formula is C10H11NO4. The van der Waals surface area contributed by atoms with Crippen LogP contribution in [0.25, 0.3) is 0 Å². The summed E-state index contributed by atoms with van der Waals surface area (Å²) in [5.74, 6) is -0.156. The third-order valence-electron chi connectivity index (χ3n) is 2.13. The molecule has 0 amide bonds. The highest BCUT2D eigenvalue weighted by Gasteiger charge is 2.16. The van der Waals surface area contributed by atoms with Crippen LogP contribution in [0, 0.1) is 10.1 Å². The molecule has 1 aromatic carbocycles. The number of rotatable bonds is 4. The van der Waals surface area contributed by atoms with Crippen molar-refractivity contribution < 1.29 is 14.5 Å². The van der Waals surface area contributed by atoms with Crippen LogP contribution in [0.1, 0.15) is 18.4 Å². The fraction of sp³-hybridized carbons (Fsp3) is 0.300. The number of nitro groups is 1. The van der Waals surface area contributed by atoms with Gasteiger partial charge in [0.1, 0.15) is 6.29 Å². The van der Waals surface area contributed by atoms with Crippen molar-refractivity contribution in [3.8, 4) is 5.75 Å². The monoisotopic (exact) mass is 209 g/mol.